The van der Waals surface area contributed by atoms with E-state index in [1.54, 1.807) is 41.7 Å². The van der Waals surface area contributed by atoms with Gasteiger partial charge in [0.2, 0.25) is 10.0 Å². The van der Waals surface area contributed by atoms with E-state index in [0.717, 1.165) is 29.0 Å². The van der Waals surface area contributed by atoms with Crippen LogP contribution in [0, 0.1) is 5.92 Å². The number of benzene rings is 2. The van der Waals surface area contributed by atoms with Crippen molar-refractivity contribution in [3.05, 3.63) is 82.8 Å². The summed E-state index contributed by atoms with van der Waals surface area (Å²) in [7, 11) is -1.95. The van der Waals surface area contributed by atoms with Gasteiger partial charge in [0.25, 0.3) is 5.56 Å². The molecule has 0 N–H and O–H groups in total. The number of hydrogen-bond donors (Lipinski definition) is 0. The highest BCUT2D eigenvalue weighted by Crippen LogP contribution is 2.41. The summed E-state index contributed by atoms with van der Waals surface area (Å²) in [5, 5.41) is 0. The Labute approximate surface area is 181 Å². The van der Waals surface area contributed by atoms with E-state index < -0.39 is 10.0 Å². The van der Waals surface area contributed by atoms with Gasteiger partial charge in [-0.3, -0.25) is 4.79 Å². The van der Waals surface area contributed by atoms with Crippen LogP contribution in [0.4, 0.5) is 0 Å². The molecular formula is C24H24N2O4S. The highest BCUT2D eigenvalue weighted by Gasteiger charge is 2.40. The van der Waals surface area contributed by atoms with Gasteiger partial charge in [-0.2, -0.15) is 4.31 Å². The van der Waals surface area contributed by atoms with E-state index in [2.05, 4.69) is 0 Å². The van der Waals surface area contributed by atoms with E-state index in [0.29, 0.717) is 24.5 Å². The van der Waals surface area contributed by atoms with E-state index in [1.165, 1.54) is 0 Å². The first kappa shape index (κ1) is 20.0. The molecule has 6 nitrogen and oxygen atoms in total. The normalized spacial score (nSPS) is 20.8. The van der Waals surface area contributed by atoms with E-state index in [1.807, 2.05) is 41.0 Å². The minimum atomic E-state index is -3.57. The Bertz CT molecular complexity index is 1270. The SMILES string of the molecule is COc1ccc(-c2ccc(=O)n3c2[C@@H]2C[C@@H](CN(S(=O)(=O)c4ccccc4)C2)C3)cc1. The maximum atomic E-state index is 13.3. The third-order valence-corrected chi connectivity index (χ3v) is 8.18. The van der Waals surface area contributed by atoms with Crippen molar-refractivity contribution in [3.63, 3.8) is 0 Å². The van der Waals surface area contributed by atoms with Crippen LogP contribution in [0.25, 0.3) is 11.1 Å². The number of ether oxygens (including phenoxy) is 1. The Hall–Kier alpha value is -2.90. The first-order valence-corrected chi connectivity index (χ1v) is 11.8. The lowest BCUT2D eigenvalue weighted by Crippen LogP contribution is -2.49. The quantitative estimate of drug-likeness (QED) is 0.629. The molecule has 0 unspecified atom stereocenters. The molecule has 3 heterocycles. The van der Waals surface area contributed by atoms with Gasteiger partial charge in [-0.05, 0) is 48.2 Å². The number of sulfonamides is 1. The van der Waals surface area contributed by atoms with Crippen LogP contribution in [-0.4, -0.2) is 37.5 Å². The second-order valence-corrected chi connectivity index (χ2v) is 10.2. The molecule has 1 saturated heterocycles. The summed E-state index contributed by atoms with van der Waals surface area (Å²) in [5.74, 6) is 0.856. The van der Waals surface area contributed by atoms with Crippen molar-refractivity contribution < 1.29 is 13.2 Å². The lowest BCUT2D eigenvalue weighted by atomic mass is 9.81. The molecule has 0 amide bonds. The van der Waals surface area contributed by atoms with Crippen LogP contribution in [0.1, 0.15) is 18.0 Å². The summed E-state index contributed by atoms with van der Waals surface area (Å²) in [6, 6.07) is 19.8. The van der Waals surface area contributed by atoms with Crippen molar-refractivity contribution >= 4 is 10.0 Å². The molecule has 0 aliphatic carbocycles. The second-order valence-electron chi connectivity index (χ2n) is 8.24. The van der Waals surface area contributed by atoms with Crippen LogP contribution in [0.2, 0.25) is 0 Å². The Morgan fingerprint density at radius 2 is 1.65 bits per heavy atom. The molecule has 2 aliphatic rings. The summed E-state index contributed by atoms with van der Waals surface area (Å²) in [6.07, 6.45) is 0.882. The number of nitrogens with zero attached hydrogens (tertiary/aromatic N) is 2. The molecular weight excluding hydrogens is 412 g/mol. The minimum absolute atomic E-state index is 0.0265. The Morgan fingerprint density at radius 3 is 2.35 bits per heavy atom. The maximum absolute atomic E-state index is 13.3. The smallest absolute Gasteiger partial charge is 0.250 e. The van der Waals surface area contributed by atoms with Gasteiger partial charge in [0.15, 0.2) is 0 Å². The fraction of sp³-hybridized carbons (Fsp3) is 0.292. The molecule has 1 fully saturated rings. The number of methoxy groups -OCH3 is 1. The highest BCUT2D eigenvalue weighted by atomic mass is 32.2. The first-order valence-electron chi connectivity index (χ1n) is 10.4. The average molecular weight is 437 g/mol. The standard InChI is InChI=1S/C24H24N2O4S/c1-30-20-9-7-18(8-10-20)22-11-12-23(27)26-15-17-13-19(24(22)26)16-25(14-17)31(28,29)21-5-3-2-4-6-21/h2-12,17,19H,13-16H2,1H3/t17-,19+/m0/s1. The third-order valence-electron chi connectivity index (χ3n) is 6.34. The predicted octanol–water partition coefficient (Wildman–Crippen LogP) is 3.33. The topological polar surface area (TPSA) is 68.6 Å². The monoisotopic (exact) mass is 436 g/mol. The lowest BCUT2D eigenvalue weighted by Gasteiger charge is -2.42. The third kappa shape index (κ3) is 3.47. The Morgan fingerprint density at radius 1 is 0.903 bits per heavy atom. The number of rotatable bonds is 4. The zero-order valence-corrected chi connectivity index (χ0v) is 18.1. The molecule has 2 atom stereocenters. The zero-order chi connectivity index (χ0) is 21.6. The molecule has 160 valence electrons. The van der Waals surface area contributed by atoms with Crippen molar-refractivity contribution in [2.75, 3.05) is 20.2 Å². The first-order chi connectivity index (χ1) is 15.0. The largest absolute Gasteiger partial charge is 0.497 e. The van der Waals surface area contributed by atoms with Crippen LogP contribution in [0.15, 0.2) is 76.4 Å². The molecule has 0 radical (unpaired) electrons. The molecule has 3 aromatic rings. The summed E-state index contributed by atoms with van der Waals surface area (Å²) < 4.78 is 35.2. The highest BCUT2D eigenvalue weighted by molar-refractivity contribution is 7.89. The molecule has 2 aliphatic heterocycles. The van der Waals surface area contributed by atoms with Crippen molar-refractivity contribution in [3.8, 4) is 16.9 Å². The molecule has 0 saturated carbocycles. The fourth-order valence-corrected chi connectivity index (χ4v) is 6.51. The van der Waals surface area contributed by atoms with Gasteiger partial charge in [-0.1, -0.05) is 30.3 Å². The van der Waals surface area contributed by atoms with Crippen molar-refractivity contribution in [1.29, 1.82) is 0 Å². The number of fused-ring (bicyclic) bond motifs is 4. The average Bonchev–Trinajstić information content (AvgIpc) is 2.80. The minimum Gasteiger partial charge on any atom is -0.497 e. The van der Waals surface area contributed by atoms with Crippen LogP contribution in [0.5, 0.6) is 5.75 Å². The molecule has 5 rings (SSSR count). The molecule has 31 heavy (non-hydrogen) atoms. The zero-order valence-electron chi connectivity index (χ0n) is 17.3. The summed E-state index contributed by atoms with van der Waals surface area (Å²) in [6.45, 7) is 1.35. The maximum Gasteiger partial charge on any atom is 0.250 e. The van der Waals surface area contributed by atoms with Gasteiger partial charge in [0.05, 0.1) is 12.0 Å². The van der Waals surface area contributed by atoms with Crippen LogP contribution >= 0.6 is 0 Å². The van der Waals surface area contributed by atoms with Gasteiger partial charge in [0.1, 0.15) is 5.75 Å². The van der Waals surface area contributed by atoms with E-state index in [9.17, 15) is 13.2 Å². The second kappa shape index (κ2) is 7.66. The van der Waals surface area contributed by atoms with Crippen LogP contribution in [0.3, 0.4) is 0 Å². The van der Waals surface area contributed by atoms with Crippen LogP contribution < -0.4 is 10.3 Å². The van der Waals surface area contributed by atoms with E-state index in [-0.39, 0.29) is 17.4 Å². The fourth-order valence-electron chi connectivity index (χ4n) is 4.92. The van der Waals surface area contributed by atoms with Gasteiger partial charge >= 0.3 is 0 Å². The Kier molecular flexibility index (Phi) is 4.95. The van der Waals surface area contributed by atoms with Gasteiger partial charge in [0, 0.05) is 42.9 Å². The van der Waals surface area contributed by atoms with Gasteiger partial charge < -0.3 is 9.30 Å². The van der Waals surface area contributed by atoms with Crippen molar-refractivity contribution in [2.24, 2.45) is 5.92 Å². The molecule has 2 aromatic carbocycles. The summed E-state index contributed by atoms with van der Waals surface area (Å²) >= 11 is 0. The summed E-state index contributed by atoms with van der Waals surface area (Å²) in [4.78, 5) is 13.0. The molecule has 0 spiro atoms. The molecule has 2 bridgehead atoms. The Balaban J connectivity index is 1.56. The van der Waals surface area contributed by atoms with Gasteiger partial charge in [-0.15, -0.1) is 0 Å². The van der Waals surface area contributed by atoms with Gasteiger partial charge in [-0.25, -0.2) is 8.42 Å². The molecule has 7 heteroatoms. The predicted molar refractivity (Wildman–Crippen MR) is 119 cm³/mol. The number of piperidine rings is 1. The number of hydrogen-bond acceptors (Lipinski definition) is 4. The molecule has 1 aromatic heterocycles. The number of pyridine rings is 1. The van der Waals surface area contributed by atoms with Crippen molar-refractivity contribution in [1.82, 2.24) is 8.87 Å². The van der Waals surface area contributed by atoms with E-state index in [4.69, 9.17) is 4.74 Å². The van der Waals surface area contributed by atoms with E-state index >= 15 is 0 Å². The van der Waals surface area contributed by atoms with Crippen molar-refractivity contribution in [2.45, 2.75) is 23.8 Å². The lowest BCUT2D eigenvalue weighted by molar-refractivity contribution is 0.187. The summed E-state index contributed by atoms with van der Waals surface area (Å²) in [5.41, 5.74) is 2.87. The van der Waals surface area contributed by atoms with Crippen LogP contribution in [-0.2, 0) is 16.6 Å². The number of aromatic nitrogens is 1.